The molecule has 1 aromatic heterocycles. The fourth-order valence-electron chi connectivity index (χ4n) is 2.12. The lowest BCUT2D eigenvalue weighted by molar-refractivity contribution is -0.150. The lowest BCUT2D eigenvalue weighted by Gasteiger charge is -2.21. The summed E-state index contributed by atoms with van der Waals surface area (Å²) < 4.78 is 8.79. The molecule has 2 rings (SSSR count). The van der Waals surface area contributed by atoms with E-state index >= 15 is 0 Å². The van der Waals surface area contributed by atoms with Crippen LogP contribution in [-0.4, -0.2) is 30.5 Å². The zero-order valence-corrected chi connectivity index (χ0v) is 11.6. The van der Waals surface area contributed by atoms with Crippen molar-refractivity contribution < 1.29 is 9.53 Å². The Morgan fingerprint density at radius 2 is 2.44 bits per heavy atom. The van der Waals surface area contributed by atoms with Gasteiger partial charge in [-0.05, 0) is 24.9 Å². The van der Waals surface area contributed by atoms with Crippen molar-refractivity contribution in [1.29, 1.82) is 5.26 Å². The number of rotatable bonds is 2. The highest BCUT2D eigenvalue weighted by Gasteiger charge is 2.42. The van der Waals surface area contributed by atoms with E-state index in [0.717, 1.165) is 5.00 Å². The van der Waals surface area contributed by atoms with Gasteiger partial charge in [-0.1, -0.05) is 11.6 Å². The molecule has 0 amide bonds. The Morgan fingerprint density at radius 1 is 1.72 bits per heavy atom. The van der Waals surface area contributed by atoms with Crippen LogP contribution in [0.25, 0.3) is 0 Å². The van der Waals surface area contributed by atoms with Crippen LogP contribution in [0.4, 0.5) is 5.00 Å². The molecule has 96 valence electrons. The molecule has 2 heterocycles. The predicted molar refractivity (Wildman–Crippen MR) is 68.8 cm³/mol. The van der Waals surface area contributed by atoms with E-state index in [4.69, 9.17) is 21.6 Å². The third kappa shape index (κ3) is 2.04. The summed E-state index contributed by atoms with van der Waals surface area (Å²) in [6, 6.07) is 2.05. The van der Waals surface area contributed by atoms with Crippen LogP contribution in [0.3, 0.4) is 0 Å². The number of nitrogens with zero attached hydrogens (tertiary/aromatic N) is 3. The van der Waals surface area contributed by atoms with E-state index in [-0.39, 0.29) is 11.1 Å². The van der Waals surface area contributed by atoms with Crippen molar-refractivity contribution in [1.82, 2.24) is 4.37 Å². The zero-order chi connectivity index (χ0) is 13.3. The van der Waals surface area contributed by atoms with Crippen LogP contribution in [0.2, 0.25) is 5.15 Å². The van der Waals surface area contributed by atoms with Crippen LogP contribution in [0, 0.1) is 16.7 Å². The average molecular weight is 286 g/mol. The third-order valence-electron chi connectivity index (χ3n) is 3.18. The van der Waals surface area contributed by atoms with Gasteiger partial charge >= 0.3 is 5.97 Å². The summed E-state index contributed by atoms with van der Waals surface area (Å²) in [5.41, 5.74) is -0.145. The van der Waals surface area contributed by atoms with E-state index in [1.54, 1.807) is 0 Å². The minimum Gasteiger partial charge on any atom is -0.469 e. The van der Waals surface area contributed by atoms with Crippen LogP contribution < -0.4 is 4.90 Å². The molecule has 0 aromatic carbocycles. The Bertz CT molecular complexity index is 525. The number of anilines is 1. The molecule has 1 unspecified atom stereocenters. The lowest BCUT2D eigenvalue weighted by Crippen LogP contribution is -2.32. The smallest absolute Gasteiger partial charge is 0.313 e. The van der Waals surface area contributed by atoms with Gasteiger partial charge in [-0.2, -0.15) is 9.64 Å². The fraction of sp³-hybridized carbons (Fsp3) is 0.545. The van der Waals surface area contributed by atoms with Crippen LogP contribution >= 0.6 is 23.1 Å². The van der Waals surface area contributed by atoms with Gasteiger partial charge in [0.05, 0.1) is 12.5 Å². The average Bonchev–Trinajstić information content (AvgIpc) is 2.92. The number of carbonyl (C=O) groups excluding carboxylic acids is 1. The van der Waals surface area contributed by atoms with Gasteiger partial charge in [0, 0.05) is 13.1 Å². The van der Waals surface area contributed by atoms with Crippen molar-refractivity contribution in [2.24, 2.45) is 5.41 Å². The Labute approximate surface area is 114 Å². The second-order valence-corrected chi connectivity index (χ2v) is 5.60. The first kappa shape index (κ1) is 13.1. The first-order valence-corrected chi connectivity index (χ1v) is 6.55. The summed E-state index contributed by atoms with van der Waals surface area (Å²) >= 11 is 7.03. The molecule has 1 aromatic rings. The molecule has 1 atom stereocenters. The number of aromatic nitrogens is 1. The van der Waals surface area contributed by atoms with E-state index in [1.807, 2.05) is 17.9 Å². The van der Waals surface area contributed by atoms with Crippen LogP contribution in [0.5, 0.6) is 0 Å². The Kier molecular flexibility index (Phi) is 3.46. The molecule has 0 spiro atoms. The molecule has 0 radical (unpaired) electrons. The van der Waals surface area contributed by atoms with Gasteiger partial charge in [0.25, 0.3) is 0 Å². The minimum absolute atomic E-state index is 0.223. The summed E-state index contributed by atoms with van der Waals surface area (Å²) in [6.45, 7) is 3.08. The number of nitriles is 1. The number of carbonyl (C=O) groups is 1. The molecule has 7 heteroatoms. The number of methoxy groups -OCH3 is 1. The molecule has 1 aliphatic rings. The second-order valence-electron chi connectivity index (χ2n) is 4.49. The standard InChI is InChI=1S/C11H12ClN3O2S/c1-11(10(16)17-2)3-4-15(6-11)9-7(5-13)8(12)14-18-9/h3-4,6H2,1-2H3. The minimum atomic E-state index is -0.530. The number of halogens is 1. The van der Waals surface area contributed by atoms with Crippen LogP contribution in [-0.2, 0) is 9.53 Å². The molecule has 1 saturated heterocycles. The van der Waals surface area contributed by atoms with Gasteiger partial charge in [0.15, 0.2) is 5.15 Å². The molecule has 0 bridgehead atoms. The number of hydrogen-bond acceptors (Lipinski definition) is 6. The number of hydrogen-bond donors (Lipinski definition) is 0. The van der Waals surface area contributed by atoms with Crippen molar-refractivity contribution in [3.63, 3.8) is 0 Å². The third-order valence-corrected chi connectivity index (χ3v) is 4.47. The number of ether oxygens (including phenoxy) is 1. The van der Waals surface area contributed by atoms with Gasteiger partial charge in [-0.25, -0.2) is 0 Å². The SMILES string of the molecule is COC(=O)C1(C)CCN(c2snc(Cl)c2C#N)C1. The number of esters is 1. The zero-order valence-electron chi connectivity index (χ0n) is 10.1. The predicted octanol–water partition coefficient (Wildman–Crippen LogP) is 2.06. The van der Waals surface area contributed by atoms with Crippen molar-refractivity contribution in [3.8, 4) is 6.07 Å². The summed E-state index contributed by atoms with van der Waals surface area (Å²) in [4.78, 5) is 13.7. The highest BCUT2D eigenvalue weighted by Crippen LogP contribution is 2.39. The molecule has 0 aliphatic carbocycles. The van der Waals surface area contributed by atoms with Gasteiger partial charge in [-0.15, -0.1) is 0 Å². The van der Waals surface area contributed by atoms with E-state index < -0.39 is 5.41 Å². The van der Waals surface area contributed by atoms with Crippen molar-refractivity contribution in [3.05, 3.63) is 10.7 Å². The van der Waals surface area contributed by atoms with Crippen molar-refractivity contribution in [2.75, 3.05) is 25.1 Å². The van der Waals surface area contributed by atoms with E-state index in [0.29, 0.717) is 25.1 Å². The summed E-state index contributed by atoms with van der Waals surface area (Å²) in [5.74, 6) is -0.223. The first-order valence-electron chi connectivity index (χ1n) is 5.40. The van der Waals surface area contributed by atoms with Crippen molar-refractivity contribution >= 4 is 34.1 Å². The van der Waals surface area contributed by atoms with Gasteiger partial charge in [-0.3, -0.25) is 4.79 Å². The highest BCUT2D eigenvalue weighted by molar-refractivity contribution is 7.10. The van der Waals surface area contributed by atoms with Gasteiger partial charge in [0.2, 0.25) is 0 Å². The maximum Gasteiger partial charge on any atom is 0.313 e. The molecule has 5 nitrogen and oxygen atoms in total. The Morgan fingerprint density at radius 3 is 3.06 bits per heavy atom. The normalized spacial score (nSPS) is 22.9. The van der Waals surface area contributed by atoms with E-state index in [1.165, 1.54) is 18.6 Å². The fourth-order valence-corrected chi connectivity index (χ4v) is 3.17. The quantitative estimate of drug-likeness (QED) is 0.778. The lowest BCUT2D eigenvalue weighted by atomic mass is 9.90. The van der Waals surface area contributed by atoms with E-state index in [9.17, 15) is 4.79 Å². The monoisotopic (exact) mass is 285 g/mol. The summed E-state index contributed by atoms with van der Waals surface area (Å²) in [7, 11) is 1.39. The van der Waals surface area contributed by atoms with Gasteiger partial charge < -0.3 is 9.64 Å². The summed E-state index contributed by atoms with van der Waals surface area (Å²) in [5, 5.41) is 10.0. The molecular weight excluding hydrogens is 274 g/mol. The summed E-state index contributed by atoms with van der Waals surface area (Å²) in [6.07, 6.45) is 0.695. The molecule has 1 fully saturated rings. The molecule has 18 heavy (non-hydrogen) atoms. The largest absolute Gasteiger partial charge is 0.469 e. The maximum atomic E-state index is 11.7. The molecular formula is C11H12ClN3O2S. The van der Waals surface area contributed by atoms with E-state index in [2.05, 4.69) is 4.37 Å². The topological polar surface area (TPSA) is 66.2 Å². The highest BCUT2D eigenvalue weighted by atomic mass is 35.5. The maximum absolute atomic E-state index is 11.7. The first-order chi connectivity index (χ1) is 8.51. The second kappa shape index (κ2) is 4.75. The Balaban J connectivity index is 2.24. The molecule has 0 saturated carbocycles. The molecule has 1 aliphatic heterocycles. The van der Waals surface area contributed by atoms with Crippen molar-refractivity contribution in [2.45, 2.75) is 13.3 Å². The van der Waals surface area contributed by atoms with Crippen LogP contribution in [0.15, 0.2) is 0 Å². The Hall–Kier alpha value is -1.32. The van der Waals surface area contributed by atoms with Crippen LogP contribution in [0.1, 0.15) is 18.9 Å². The van der Waals surface area contributed by atoms with Gasteiger partial charge in [0.1, 0.15) is 16.6 Å². The molecule has 0 N–H and O–H groups in total.